The summed E-state index contributed by atoms with van der Waals surface area (Å²) >= 11 is 0. The van der Waals surface area contributed by atoms with Gasteiger partial charge in [-0.1, -0.05) is 20.8 Å². The summed E-state index contributed by atoms with van der Waals surface area (Å²) in [4.78, 5) is 34.0. The van der Waals surface area contributed by atoms with E-state index in [9.17, 15) is 9.59 Å². The molecule has 1 aromatic rings. The van der Waals surface area contributed by atoms with Crippen LogP contribution >= 0.6 is 0 Å². The van der Waals surface area contributed by atoms with E-state index < -0.39 is 0 Å². The minimum Gasteiger partial charge on any atom is -0.353 e. The molecule has 1 unspecified atom stereocenters. The van der Waals surface area contributed by atoms with Gasteiger partial charge >= 0.3 is 0 Å². The van der Waals surface area contributed by atoms with E-state index >= 15 is 0 Å². The molecule has 0 bridgehead atoms. The zero-order valence-electron chi connectivity index (χ0n) is 16.4. The molecule has 26 heavy (non-hydrogen) atoms. The second-order valence-electron chi connectivity index (χ2n) is 8.75. The van der Waals surface area contributed by atoms with Crippen LogP contribution in [0.15, 0.2) is 12.4 Å². The van der Waals surface area contributed by atoms with Gasteiger partial charge in [-0.3, -0.25) is 14.5 Å². The van der Waals surface area contributed by atoms with Gasteiger partial charge in [0.25, 0.3) is 0 Å². The van der Waals surface area contributed by atoms with Gasteiger partial charge in [0.15, 0.2) is 0 Å². The Bertz CT molecular complexity index is 659. The summed E-state index contributed by atoms with van der Waals surface area (Å²) in [7, 11) is 1.94. The van der Waals surface area contributed by atoms with Crippen LogP contribution in [0.1, 0.15) is 45.9 Å². The third-order valence-corrected chi connectivity index (χ3v) is 5.03. The van der Waals surface area contributed by atoms with Gasteiger partial charge in [-0.2, -0.15) is 0 Å². The Labute approximate surface area is 155 Å². The lowest BCUT2D eigenvalue weighted by Crippen LogP contribution is -2.58. The summed E-state index contributed by atoms with van der Waals surface area (Å²) in [5.74, 6) is 0.906. The number of aromatic nitrogens is 2. The summed E-state index contributed by atoms with van der Waals surface area (Å²) in [6.07, 6.45) is 5.97. The van der Waals surface area contributed by atoms with Gasteiger partial charge in [-0.05, 0) is 18.3 Å². The molecule has 2 amide bonds. The molecule has 1 aliphatic heterocycles. The van der Waals surface area contributed by atoms with Crippen molar-refractivity contribution in [3.05, 3.63) is 18.2 Å². The second kappa shape index (κ2) is 7.39. The van der Waals surface area contributed by atoms with Gasteiger partial charge in [-0.25, -0.2) is 4.98 Å². The third-order valence-electron chi connectivity index (χ3n) is 5.03. The van der Waals surface area contributed by atoms with Gasteiger partial charge in [0, 0.05) is 45.1 Å². The first-order valence-corrected chi connectivity index (χ1v) is 9.52. The first-order chi connectivity index (χ1) is 12.2. The predicted molar refractivity (Wildman–Crippen MR) is 99.2 cm³/mol. The van der Waals surface area contributed by atoms with Gasteiger partial charge < -0.3 is 14.8 Å². The summed E-state index contributed by atoms with van der Waals surface area (Å²) in [6, 6.07) is -0.0833. The van der Waals surface area contributed by atoms with Crippen molar-refractivity contribution in [1.29, 1.82) is 0 Å². The summed E-state index contributed by atoms with van der Waals surface area (Å²) in [5.41, 5.74) is 0.0854. The summed E-state index contributed by atoms with van der Waals surface area (Å²) in [6.45, 7) is 9.26. The first kappa shape index (κ1) is 18.9. The number of amides is 2. The van der Waals surface area contributed by atoms with Gasteiger partial charge in [-0.15, -0.1) is 0 Å². The van der Waals surface area contributed by atoms with Crippen LogP contribution in [0.3, 0.4) is 0 Å². The van der Waals surface area contributed by atoms with E-state index in [1.807, 2.05) is 22.7 Å². The molecule has 2 fully saturated rings. The number of piperazine rings is 1. The number of rotatable bonds is 6. The Hall–Kier alpha value is -1.89. The largest absolute Gasteiger partial charge is 0.353 e. The van der Waals surface area contributed by atoms with Gasteiger partial charge in [0.1, 0.15) is 5.82 Å². The Morgan fingerprint density at radius 1 is 1.38 bits per heavy atom. The lowest BCUT2D eigenvalue weighted by atomic mass is 9.94. The van der Waals surface area contributed by atoms with E-state index in [2.05, 4.69) is 36.0 Å². The molecule has 1 aromatic heterocycles. The highest BCUT2D eigenvalue weighted by Gasteiger charge is 2.38. The molecule has 2 aliphatic rings. The van der Waals surface area contributed by atoms with Crippen LogP contribution in [0.2, 0.25) is 0 Å². The first-order valence-electron chi connectivity index (χ1n) is 9.52. The third kappa shape index (κ3) is 4.63. The number of carbonyl (C=O) groups excluding carboxylic acids is 2. The van der Waals surface area contributed by atoms with E-state index in [1.54, 1.807) is 6.20 Å². The van der Waals surface area contributed by atoms with Crippen molar-refractivity contribution in [3.63, 3.8) is 0 Å². The number of imidazole rings is 1. The lowest BCUT2D eigenvalue weighted by molar-refractivity contribution is -0.140. The molecule has 1 atom stereocenters. The number of aryl methyl sites for hydroxylation is 1. The monoisotopic (exact) mass is 361 g/mol. The van der Waals surface area contributed by atoms with Gasteiger partial charge in [0.05, 0.1) is 19.0 Å². The van der Waals surface area contributed by atoms with Crippen LogP contribution in [0, 0.1) is 5.41 Å². The lowest BCUT2D eigenvalue weighted by Gasteiger charge is -2.39. The normalized spacial score (nSPS) is 21.5. The van der Waals surface area contributed by atoms with Crippen LogP contribution in [0.4, 0.5) is 0 Å². The molecular weight excluding hydrogens is 330 g/mol. The zero-order valence-corrected chi connectivity index (χ0v) is 16.4. The Morgan fingerprint density at radius 2 is 2.12 bits per heavy atom. The maximum Gasteiger partial charge on any atom is 0.237 e. The van der Waals surface area contributed by atoms with Crippen molar-refractivity contribution in [2.75, 3.05) is 19.6 Å². The summed E-state index contributed by atoms with van der Waals surface area (Å²) in [5, 5.41) is 2.92. The molecule has 2 heterocycles. The fourth-order valence-corrected chi connectivity index (χ4v) is 3.57. The van der Waals surface area contributed by atoms with Crippen LogP contribution in [0.25, 0.3) is 0 Å². The molecule has 7 heteroatoms. The molecule has 3 rings (SSSR count). The van der Waals surface area contributed by atoms with Crippen molar-refractivity contribution in [1.82, 2.24) is 24.7 Å². The molecule has 7 nitrogen and oxygen atoms in total. The van der Waals surface area contributed by atoms with Crippen LogP contribution < -0.4 is 5.32 Å². The number of hydrogen-bond donors (Lipinski definition) is 1. The van der Waals surface area contributed by atoms with E-state index in [0.717, 1.165) is 31.8 Å². The summed E-state index contributed by atoms with van der Waals surface area (Å²) < 4.78 is 1.95. The van der Waals surface area contributed by atoms with E-state index in [0.29, 0.717) is 19.1 Å². The van der Waals surface area contributed by atoms with E-state index in [4.69, 9.17) is 0 Å². The van der Waals surface area contributed by atoms with Crippen molar-refractivity contribution in [2.24, 2.45) is 12.5 Å². The van der Waals surface area contributed by atoms with Crippen LogP contribution in [0.5, 0.6) is 0 Å². The average molecular weight is 361 g/mol. The molecule has 144 valence electrons. The fraction of sp³-hybridized carbons (Fsp3) is 0.737. The van der Waals surface area contributed by atoms with Crippen molar-refractivity contribution >= 4 is 11.8 Å². The minimum atomic E-state index is -0.377. The fourth-order valence-electron chi connectivity index (χ4n) is 3.57. The minimum absolute atomic E-state index is 0.0263. The van der Waals surface area contributed by atoms with Crippen molar-refractivity contribution in [2.45, 2.75) is 58.7 Å². The molecule has 0 spiro atoms. The Balaban J connectivity index is 1.70. The number of hydrogen-bond acceptors (Lipinski definition) is 4. The molecule has 1 saturated heterocycles. The molecule has 1 saturated carbocycles. The second-order valence-corrected chi connectivity index (χ2v) is 8.75. The Morgan fingerprint density at radius 3 is 2.69 bits per heavy atom. The Kier molecular flexibility index (Phi) is 5.37. The zero-order chi connectivity index (χ0) is 18.9. The smallest absolute Gasteiger partial charge is 0.237 e. The number of carbonyl (C=O) groups is 2. The van der Waals surface area contributed by atoms with Crippen molar-refractivity contribution < 1.29 is 9.59 Å². The molecule has 0 radical (unpaired) electrons. The van der Waals surface area contributed by atoms with Crippen molar-refractivity contribution in [3.8, 4) is 0 Å². The predicted octanol–water partition coefficient (Wildman–Crippen LogP) is 1.15. The topological polar surface area (TPSA) is 70.5 Å². The maximum absolute atomic E-state index is 13.1. The van der Waals surface area contributed by atoms with Crippen LogP contribution in [-0.4, -0.2) is 62.9 Å². The maximum atomic E-state index is 13.1. The molecule has 1 N–H and O–H groups in total. The average Bonchev–Trinajstić information content (AvgIpc) is 3.30. The highest BCUT2D eigenvalue weighted by atomic mass is 16.2. The highest BCUT2D eigenvalue weighted by Crippen LogP contribution is 2.29. The van der Waals surface area contributed by atoms with E-state index in [1.165, 1.54) is 0 Å². The highest BCUT2D eigenvalue weighted by molar-refractivity contribution is 5.89. The molecule has 0 aromatic carbocycles. The van der Waals surface area contributed by atoms with Gasteiger partial charge in [0.2, 0.25) is 11.8 Å². The van der Waals surface area contributed by atoms with E-state index in [-0.39, 0.29) is 29.7 Å². The SMILES string of the molecule is Cn1ccnc1CN(C(=O)CC1C(=O)NCCN1CC(C)(C)C)C1CC1. The molecular formula is C19H31N5O2. The van der Waals surface area contributed by atoms with Crippen LogP contribution in [-0.2, 0) is 23.2 Å². The quantitative estimate of drug-likeness (QED) is 0.825. The number of nitrogens with zero attached hydrogens (tertiary/aromatic N) is 4. The standard InChI is InChI=1S/C19H31N5O2/c1-19(2,3)13-23-10-8-21-18(26)15(23)11-17(25)24(14-5-6-14)12-16-20-7-9-22(16)4/h7,9,14-15H,5-6,8,10-13H2,1-4H3,(H,21,26). The number of nitrogens with one attached hydrogen (secondary N) is 1. The molecule has 1 aliphatic carbocycles.